The van der Waals surface area contributed by atoms with E-state index in [0.717, 1.165) is 36.6 Å². The molecule has 1 aromatic heterocycles. The van der Waals surface area contributed by atoms with Crippen LogP contribution in [-0.2, 0) is 6.54 Å². The quantitative estimate of drug-likeness (QED) is 0.867. The summed E-state index contributed by atoms with van der Waals surface area (Å²) in [6.45, 7) is 6.24. The lowest BCUT2D eigenvalue weighted by Crippen LogP contribution is -2.26. The Morgan fingerprint density at radius 2 is 2.05 bits per heavy atom. The van der Waals surface area contributed by atoms with E-state index in [9.17, 15) is 5.26 Å². The summed E-state index contributed by atoms with van der Waals surface area (Å²) in [5, 5.41) is 21.4. The number of nitriles is 1. The molecule has 0 saturated heterocycles. The molecule has 0 fully saturated rings. The number of para-hydroxylation sites is 1. The van der Waals surface area contributed by atoms with E-state index in [-0.39, 0.29) is 0 Å². The van der Waals surface area contributed by atoms with E-state index in [0.29, 0.717) is 11.4 Å². The smallest absolute Gasteiger partial charge is 0.174 e. The van der Waals surface area contributed by atoms with Crippen molar-refractivity contribution in [1.29, 1.82) is 5.26 Å². The molecule has 2 aromatic rings. The van der Waals surface area contributed by atoms with Gasteiger partial charge in [-0.1, -0.05) is 18.2 Å². The van der Waals surface area contributed by atoms with Gasteiger partial charge in [-0.15, -0.1) is 5.10 Å². The molecule has 0 aliphatic carbocycles. The predicted molar refractivity (Wildman–Crippen MR) is 81.4 cm³/mol. The van der Waals surface area contributed by atoms with Gasteiger partial charge in [0.1, 0.15) is 11.6 Å². The van der Waals surface area contributed by atoms with Crippen LogP contribution in [0.1, 0.15) is 22.4 Å². The minimum atomic E-state index is 0.610. The average Bonchev–Trinajstić information content (AvgIpc) is 2.72. The van der Waals surface area contributed by atoms with Crippen LogP contribution in [-0.4, -0.2) is 23.3 Å². The van der Waals surface area contributed by atoms with Crippen LogP contribution in [0.2, 0.25) is 0 Å². The van der Waals surface area contributed by atoms with Crippen LogP contribution >= 0.6 is 0 Å². The topological polar surface area (TPSA) is 64.8 Å². The Kier molecular flexibility index (Phi) is 3.55. The standard InChI is InChI=1S/C16H17N5/c1-11-12(2)19-20-16(14(11)9-17)21-8-7-18-10-13-5-3-4-6-15(13)21/h3-6,18H,7-8,10H2,1-2H3. The average molecular weight is 279 g/mol. The van der Waals surface area contributed by atoms with E-state index in [1.807, 2.05) is 26.0 Å². The number of nitrogens with one attached hydrogen (secondary N) is 1. The number of aromatic nitrogens is 2. The molecule has 0 radical (unpaired) electrons. The molecule has 21 heavy (non-hydrogen) atoms. The SMILES string of the molecule is Cc1nnc(N2CCNCc3ccccc32)c(C#N)c1C. The van der Waals surface area contributed by atoms with Gasteiger partial charge in [0, 0.05) is 25.3 Å². The third-order valence-corrected chi connectivity index (χ3v) is 3.91. The van der Waals surface area contributed by atoms with E-state index in [1.165, 1.54) is 5.56 Å². The van der Waals surface area contributed by atoms with Crippen LogP contribution in [0.4, 0.5) is 11.5 Å². The molecule has 0 spiro atoms. The van der Waals surface area contributed by atoms with E-state index < -0.39 is 0 Å². The summed E-state index contributed by atoms with van der Waals surface area (Å²) < 4.78 is 0. The largest absolute Gasteiger partial charge is 0.322 e. The maximum Gasteiger partial charge on any atom is 0.174 e. The molecule has 1 aliphatic rings. The fourth-order valence-corrected chi connectivity index (χ4v) is 2.60. The first kappa shape index (κ1) is 13.5. The van der Waals surface area contributed by atoms with Gasteiger partial charge in [-0.3, -0.25) is 0 Å². The number of anilines is 2. The molecule has 2 heterocycles. The summed E-state index contributed by atoms with van der Waals surface area (Å²) >= 11 is 0. The van der Waals surface area contributed by atoms with Crippen molar-refractivity contribution in [2.45, 2.75) is 20.4 Å². The van der Waals surface area contributed by atoms with E-state index in [1.54, 1.807) is 0 Å². The van der Waals surface area contributed by atoms with Crippen LogP contribution in [0.15, 0.2) is 24.3 Å². The Hall–Kier alpha value is -2.45. The molecule has 0 unspecified atom stereocenters. The third kappa shape index (κ3) is 2.34. The highest BCUT2D eigenvalue weighted by Crippen LogP contribution is 2.31. The van der Waals surface area contributed by atoms with Crippen molar-refractivity contribution in [3.05, 3.63) is 46.6 Å². The summed E-state index contributed by atoms with van der Waals surface area (Å²) in [7, 11) is 0. The number of hydrogen-bond acceptors (Lipinski definition) is 5. The van der Waals surface area contributed by atoms with Crippen molar-refractivity contribution >= 4 is 11.5 Å². The molecule has 0 bridgehead atoms. The Bertz CT molecular complexity index is 717. The minimum Gasteiger partial charge on any atom is -0.322 e. The lowest BCUT2D eigenvalue weighted by molar-refractivity contribution is 0.709. The number of fused-ring (bicyclic) bond motifs is 1. The number of hydrogen-bond donors (Lipinski definition) is 1. The van der Waals surface area contributed by atoms with Gasteiger partial charge >= 0.3 is 0 Å². The fraction of sp³-hybridized carbons (Fsp3) is 0.312. The minimum absolute atomic E-state index is 0.610. The van der Waals surface area contributed by atoms with Gasteiger partial charge in [-0.2, -0.15) is 10.4 Å². The van der Waals surface area contributed by atoms with Crippen LogP contribution in [0.25, 0.3) is 0 Å². The molecule has 1 N–H and O–H groups in total. The monoisotopic (exact) mass is 279 g/mol. The highest BCUT2D eigenvalue weighted by Gasteiger charge is 2.22. The Morgan fingerprint density at radius 3 is 2.86 bits per heavy atom. The molecule has 5 nitrogen and oxygen atoms in total. The highest BCUT2D eigenvalue weighted by atomic mass is 15.3. The lowest BCUT2D eigenvalue weighted by Gasteiger charge is -2.24. The maximum absolute atomic E-state index is 9.51. The first-order valence-corrected chi connectivity index (χ1v) is 7.02. The summed E-state index contributed by atoms with van der Waals surface area (Å²) in [6.07, 6.45) is 0. The van der Waals surface area contributed by atoms with Crippen molar-refractivity contribution in [3.63, 3.8) is 0 Å². The fourth-order valence-electron chi connectivity index (χ4n) is 2.60. The summed E-state index contributed by atoms with van der Waals surface area (Å²) in [6, 6.07) is 10.5. The van der Waals surface area contributed by atoms with E-state index >= 15 is 0 Å². The summed E-state index contributed by atoms with van der Waals surface area (Å²) in [5.41, 5.74) is 4.61. The van der Waals surface area contributed by atoms with Crippen molar-refractivity contribution in [1.82, 2.24) is 15.5 Å². The Morgan fingerprint density at radius 1 is 1.24 bits per heavy atom. The normalized spacial score (nSPS) is 14.2. The molecule has 0 saturated carbocycles. The third-order valence-electron chi connectivity index (χ3n) is 3.91. The van der Waals surface area contributed by atoms with Gasteiger partial charge in [0.15, 0.2) is 5.82 Å². The van der Waals surface area contributed by atoms with Crippen LogP contribution in [0.3, 0.4) is 0 Å². The molecule has 1 aromatic carbocycles. The van der Waals surface area contributed by atoms with E-state index in [2.05, 4.69) is 38.6 Å². The second kappa shape index (κ2) is 5.51. The van der Waals surface area contributed by atoms with Crippen molar-refractivity contribution in [2.75, 3.05) is 18.0 Å². The Balaban J connectivity index is 2.17. The second-order valence-electron chi connectivity index (χ2n) is 5.18. The lowest BCUT2D eigenvalue weighted by atomic mass is 10.1. The molecular formula is C16H17N5. The maximum atomic E-state index is 9.51. The predicted octanol–water partition coefficient (Wildman–Crippen LogP) is 2.21. The molecule has 0 atom stereocenters. The van der Waals surface area contributed by atoms with Crippen LogP contribution in [0.5, 0.6) is 0 Å². The first-order valence-electron chi connectivity index (χ1n) is 7.02. The van der Waals surface area contributed by atoms with Gasteiger partial charge < -0.3 is 10.2 Å². The van der Waals surface area contributed by atoms with Gasteiger partial charge in [0.05, 0.1) is 5.69 Å². The summed E-state index contributed by atoms with van der Waals surface area (Å²) in [5.74, 6) is 0.650. The van der Waals surface area contributed by atoms with Crippen LogP contribution < -0.4 is 10.2 Å². The van der Waals surface area contributed by atoms with Crippen molar-refractivity contribution in [2.24, 2.45) is 0 Å². The first-order chi connectivity index (χ1) is 10.2. The Labute approximate surface area is 124 Å². The summed E-state index contributed by atoms with van der Waals surface area (Å²) in [4.78, 5) is 2.09. The van der Waals surface area contributed by atoms with Crippen molar-refractivity contribution in [3.8, 4) is 6.07 Å². The van der Waals surface area contributed by atoms with E-state index in [4.69, 9.17) is 0 Å². The molecule has 0 amide bonds. The second-order valence-corrected chi connectivity index (χ2v) is 5.18. The number of benzene rings is 1. The van der Waals surface area contributed by atoms with Gasteiger partial charge in [-0.25, -0.2) is 0 Å². The van der Waals surface area contributed by atoms with Gasteiger partial charge in [-0.05, 0) is 31.0 Å². The molecule has 1 aliphatic heterocycles. The van der Waals surface area contributed by atoms with Gasteiger partial charge in [0.2, 0.25) is 0 Å². The zero-order chi connectivity index (χ0) is 14.8. The molecule has 106 valence electrons. The number of aryl methyl sites for hydroxylation is 1. The molecule has 3 rings (SSSR count). The zero-order valence-corrected chi connectivity index (χ0v) is 12.2. The highest BCUT2D eigenvalue weighted by molar-refractivity contribution is 5.70. The van der Waals surface area contributed by atoms with Crippen LogP contribution in [0, 0.1) is 25.2 Å². The zero-order valence-electron chi connectivity index (χ0n) is 12.2. The number of nitrogens with zero attached hydrogens (tertiary/aromatic N) is 4. The number of rotatable bonds is 1. The molecular weight excluding hydrogens is 262 g/mol. The van der Waals surface area contributed by atoms with Crippen molar-refractivity contribution < 1.29 is 0 Å². The molecule has 5 heteroatoms. The van der Waals surface area contributed by atoms with Gasteiger partial charge in [0.25, 0.3) is 0 Å².